The number of hydrogen-bond acceptors (Lipinski definition) is 6. The summed E-state index contributed by atoms with van der Waals surface area (Å²) in [4.78, 5) is 44.2. The molecule has 2 amide bonds. The molecule has 7 nitrogen and oxygen atoms in total. The fourth-order valence-corrected chi connectivity index (χ4v) is 4.57. The van der Waals surface area contributed by atoms with Crippen LogP contribution in [-0.4, -0.2) is 32.8 Å². The maximum atomic E-state index is 12.8. The van der Waals surface area contributed by atoms with E-state index in [4.69, 9.17) is 0 Å². The molecule has 0 fully saturated rings. The first kappa shape index (κ1) is 17.6. The van der Waals surface area contributed by atoms with Gasteiger partial charge in [-0.1, -0.05) is 11.3 Å². The van der Waals surface area contributed by atoms with E-state index in [-0.39, 0.29) is 22.9 Å². The molecule has 1 N–H and O–H groups in total. The average molecular weight is 400 g/mol. The fourth-order valence-electron chi connectivity index (χ4n) is 2.92. The second-order valence-electron chi connectivity index (χ2n) is 6.17. The second-order valence-corrected chi connectivity index (χ2v) is 8.03. The molecule has 0 radical (unpaired) electrons. The van der Waals surface area contributed by atoms with E-state index in [1.54, 1.807) is 41.7 Å². The lowest BCUT2D eigenvalue weighted by Gasteiger charge is -2.25. The van der Waals surface area contributed by atoms with Crippen molar-refractivity contribution in [1.29, 1.82) is 0 Å². The number of nitrogens with zero attached hydrogens (tertiary/aromatic N) is 3. The molecule has 0 spiro atoms. The summed E-state index contributed by atoms with van der Waals surface area (Å²) in [5, 5.41) is 6.97. The molecule has 0 aromatic carbocycles. The van der Waals surface area contributed by atoms with Gasteiger partial charge in [-0.3, -0.25) is 19.7 Å². The maximum absolute atomic E-state index is 12.8. The third kappa shape index (κ3) is 3.43. The number of rotatable bonds is 3. The summed E-state index contributed by atoms with van der Waals surface area (Å²) in [5.41, 5.74) is 1.36. The molecular weight excluding hydrogens is 384 g/mol. The van der Waals surface area contributed by atoms with Crippen LogP contribution < -0.4 is 10.9 Å². The minimum atomic E-state index is -0.304. The summed E-state index contributed by atoms with van der Waals surface area (Å²) >= 11 is 2.83. The third-order valence-electron chi connectivity index (χ3n) is 4.38. The third-order valence-corrected chi connectivity index (χ3v) is 6.06. The highest BCUT2D eigenvalue weighted by molar-refractivity contribution is 7.16. The van der Waals surface area contributed by atoms with Crippen LogP contribution in [0.25, 0.3) is 0 Å². The van der Waals surface area contributed by atoms with E-state index in [9.17, 15) is 14.4 Å². The molecule has 0 aliphatic carbocycles. The smallest absolute Gasteiger partial charge is 0.263 e. The van der Waals surface area contributed by atoms with Crippen LogP contribution in [-0.2, 0) is 20.0 Å². The first-order chi connectivity index (χ1) is 13.0. The number of amides is 2. The highest BCUT2D eigenvalue weighted by atomic mass is 32.1. The lowest BCUT2D eigenvalue weighted by molar-refractivity contribution is 0.0733. The zero-order valence-corrected chi connectivity index (χ0v) is 16.1. The molecule has 4 rings (SSSR count). The number of thiazole rings is 1. The molecule has 1 aliphatic rings. The molecule has 3 aromatic rings. The summed E-state index contributed by atoms with van der Waals surface area (Å²) in [6, 6.07) is 5.00. The van der Waals surface area contributed by atoms with Crippen molar-refractivity contribution in [3.63, 3.8) is 0 Å². The van der Waals surface area contributed by atoms with E-state index in [1.807, 2.05) is 5.38 Å². The van der Waals surface area contributed by atoms with Gasteiger partial charge in [0.25, 0.3) is 17.4 Å². The van der Waals surface area contributed by atoms with Gasteiger partial charge >= 0.3 is 0 Å². The van der Waals surface area contributed by atoms with Crippen LogP contribution in [0.5, 0.6) is 0 Å². The van der Waals surface area contributed by atoms with E-state index in [1.165, 1.54) is 27.2 Å². The summed E-state index contributed by atoms with van der Waals surface area (Å²) in [6.45, 7) is 0.879. The van der Waals surface area contributed by atoms with Gasteiger partial charge in [0.2, 0.25) is 0 Å². The van der Waals surface area contributed by atoms with Crippen LogP contribution in [0.3, 0.4) is 0 Å². The topological polar surface area (TPSA) is 84.3 Å². The highest BCUT2D eigenvalue weighted by Gasteiger charge is 2.26. The summed E-state index contributed by atoms with van der Waals surface area (Å²) in [5.74, 6) is -0.470. The Labute approximate surface area is 162 Å². The summed E-state index contributed by atoms with van der Waals surface area (Å²) in [7, 11) is 1.62. The highest BCUT2D eigenvalue weighted by Crippen LogP contribution is 2.29. The minimum Gasteiger partial charge on any atom is -0.333 e. The van der Waals surface area contributed by atoms with E-state index >= 15 is 0 Å². The van der Waals surface area contributed by atoms with Crippen LogP contribution in [0.2, 0.25) is 0 Å². The van der Waals surface area contributed by atoms with Crippen molar-refractivity contribution >= 4 is 39.6 Å². The number of aromatic nitrogens is 2. The van der Waals surface area contributed by atoms with E-state index in [0.717, 1.165) is 10.6 Å². The van der Waals surface area contributed by atoms with E-state index in [2.05, 4.69) is 10.3 Å². The van der Waals surface area contributed by atoms with Gasteiger partial charge in [-0.15, -0.1) is 0 Å². The molecule has 4 heterocycles. The average Bonchev–Trinajstić information content (AvgIpc) is 3.32. The monoisotopic (exact) mass is 400 g/mol. The Bertz CT molecular complexity index is 1070. The van der Waals surface area contributed by atoms with Gasteiger partial charge in [-0.25, -0.2) is 4.98 Å². The molecular formula is C18H16N4O3S2. The Morgan fingerprint density at radius 2 is 2.15 bits per heavy atom. The number of thiophene rings is 1. The molecule has 9 heteroatoms. The normalized spacial score (nSPS) is 13.3. The van der Waals surface area contributed by atoms with Crippen molar-refractivity contribution in [3.8, 4) is 0 Å². The summed E-state index contributed by atoms with van der Waals surface area (Å²) < 4.78 is 1.40. The Hall–Kier alpha value is -2.78. The molecule has 0 atom stereocenters. The fraction of sp³-hybridized carbons (Fsp3) is 0.222. The van der Waals surface area contributed by atoms with Crippen LogP contribution in [0.15, 0.2) is 40.0 Å². The lowest BCUT2D eigenvalue weighted by Crippen LogP contribution is -2.39. The van der Waals surface area contributed by atoms with Crippen molar-refractivity contribution in [2.24, 2.45) is 7.05 Å². The Morgan fingerprint density at radius 3 is 2.93 bits per heavy atom. The number of anilines is 1. The number of aryl methyl sites for hydroxylation is 1. The van der Waals surface area contributed by atoms with Gasteiger partial charge in [-0.2, -0.15) is 11.3 Å². The predicted molar refractivity (Wildman–Crippen MR) is 105 cm³/mol. The van der Waals surface area contributed by atoms with E-state index in [0.29, 0.717) is 30.2 Å². The van der Waals surface area contributed by atoms with Crippen LogP contribution >= 0.6 is 22.7 Å². The van der Waals surface area contributed by atoms with Crippen molar-refractivity contribution < 1.29 is 9.59 Å². The van der Waals surface area contributed by atoms with Crippen LogP contribution in [0, 0.1) is 0 Å². The number of fused-ring (bicyclic) bond motifs is 1. The van der Waals surface area contributed by atoms with Crippen molar-refractivity contribution in [3.05, 3.63) is 67.2 Å². The Balaban J connectivity index is 1.51. The van der Waals surface area contributed by atoms with Gasteiger partial charge in [-0.05, 0) is 23.6 Å². The van der Waals surface area contributed by atoms with Gasteiger partial charge in [0, 0.05) is 36.5 Å². The second kappa shape index (κ2) is 7.09. The zero-order valence-electron chi connectivity index (χ0n) is 14.5. The van der Waals surface area contributed by atoms with Gasteiger partial charge < -0.3 is 9.47 Å². The van der Waals surface area contributed by atoms with Crippen LogP contribution in [0.1, 0.15) is 31.3 Å². The first-order valence-electron chi connectivity index (χ1n) is 8.30. The van der Waals surface area contributed by atoms with Gasteiger partial charge in [0.1, 0.15) is 5.56 Å². The van der Waals surface area contributed by atoms with Crippen molar-refractivity contribution in [2.45, 2.75) is 13.0 Å². The molecule has 0 unspecified atom stereocenters. The molecule has 27 heavy (non-hydrogen) atoms. The zero-order chi connectivity index (χ0) is 19.0. The largest absolute Gasteiger partial charge is 0.333 e. The van der Waals surface area contributed by atoms with E-state index < -0.39 is 0 Å². The van der Waals surface area contributed by atoms with Crippen LogP contribution in [0.4, 0.5) is 5.13 Å². The first-order valence-corrected chi connectivity index (χ1v) is 10.1. The molecule has 0 saturated carbocycles. The number of hydrogen-bond donors (Lipinski definition) is 1. The molecule has 0 bridgehead atoms. The SMILES string of the molecule is Cn1cccc(C(=O)N2CCc3nc(NC(=O)c4ccsc4)sc3C2)c1=O. The van der Waals surface area contributed by atoms with Crippen molar-refractivity contribution in [1.82, 2.24) is 14.5 Å². The molecule has 0 saturated heterocycles. The summed E-state index contributed by atoms with van der Waals surface area (Å²) in [6.07, 6.45) is 2.22. The maximum Gasteiger partial charge on any atom is 0.263 e. The Morgan fingerprint density at radius 1 is 1.30 bits per heavy atom. The lowest BCUT2D eigenvalue weighted by atomic mass is 10.1. The minimum absolute atomic E-state index is 0.166. The Kier molecular flexibility index (Phi) is 4.63. The number of carbonyl (C=O) groups is 2. The van der Waals surface area contributed by atoms with Gasteiger partial charge in [0.15, 0.2) is 5.13 Å². The molecule has 1 aliphatic heterocycles. The molecule has 138 valence electrons. The number of carbonyl (C=O) groups excluding carboxylic acids is 2. The number of nitrogens with one attached hydrogen (secondary N) is 1. The molecule has 3 aromatic heterocycles. The predicted octanol–water partition coefficient (Wildman–Crippen LogP) is 2.35. The quantitative estimate of drug-likeness (QED) is 0.731. The standard InChI is InChI=1S/C18H16N4O3S2/c1-21-6-2-3-12(16(21)24)17(25)22-7-4-13-14(9-22)27-18(19-13)20-15(23)11-5-8-26-10-11/h2-3,5-6,8,10H,4,7,9H2,1H3,(H,19,20,23). The van der Waals surface area contributed by atoms with Crippen molar-refractivity contribution in [2.75, 3.05) is 11.9 Å². The number of pyridine rings is 1. The van der Waals surface area contributed by atoms with Gasteiger partial charge in [0.05, 0.1) is 17.8 Å².